The van der Waals surface area contributed by atoms with E-state index in [1.54, 1.807) is 25.3 Å². The highest BCUT2D eigenvalue weighted by Crippen LogP contribution is 2.30. The maximum absolute atomic E-state index is 14.3. The van der Waals surface area contributed by atoms with Gasteiger partial charge in [0.15, 0.2) is 11.6 Å². The van der Waals surface area contributed by atoms with Crippen molar-refractivity contribution in [1.82, 2.24) is 5.43 Å². The average Bonchev–Trinajstić information content (AvgIpc) is 2.50. The second-order valence-electron chi connectivity index (χ2n) is 4.24. The van der Waals surface area contributed by atoms with E-state index in [0.717, 1.165) is 5.56 Å². The Balaban J connectivity index is 2.46. The molecule has 20 heavy (non-hydrogen) atoms. The van der Waals surface area contributed by atoms with E-state index in [1.807, 2.05) is 24.3 Å². The molecule has 0 aliphatic carbocycles. The molecule has 0 heterocycles. The third-order valence-corrected chi connectivity index (χ3v) is 3.12. The first-order valence-corrected chi connectivity index (χ1v) is 6.13. The molecule has 0 bridgehead atoms. The third kappa shape index (κ3) is 2.74. The zero-order chi connectivity index (χ0) is 14.5. The first-order chi connectivity index (χ1) is 9.71. The lowest BCUT2D eigenvalue weighted by Crippen LogP contribution is -2.29. The highest BCUT2D eigenvalue weighted by atomic mass is 19.1. The van der Waals surface area contributed by atoms with E-state index in [9.17, 15) is 4.39 Å². The molecule has 106 valence electrons. The molecule has 1 atom stereocenters. The zero-order valence-electron chi connectivity index (χ0n) is 11.4. The molecule has 0 saturated carbocycles. The van der Waals surface area contributed by atoms with Crippen molar-refractivity contribution in [3.63, 3.8) is 0 Å². The molecule has 0 aromatic heterocycles. The SMILES string of the molecule is COc1cccc(C(NN)c2cccc(OC)c2F)c1. The maximum Gasteiger partial charge on any atom is 0.170 e. The van der Waals surface area contributed by atoms with E-state index in [1.165, 1.54) is 7.11 Å². The van der Waals surface area contributed by atoms with Crippen LogP contribution in [0.1, 0.15) is 17.2 Å². The van der Waals surface area contributed by atoms with Gasteiger partial charge in [0.2, 0.25) is 0 Å². The first-order valence-electron chi connectivity index (χ1n) is 6.13. The lowest BCUT2D eigenvalue weighted by atomic mass is 9.98. The van der Waals surface area contributed by atoms with Crippen molar-refractivity contribution in [1.29, 1.82) is 0 Å². The number of ether oxygens (including phenoxy) is 2. The summed E-state index contributed by atoms with van der Waals surface area (Å²) < 4.78 is 24.5. The second kappa shape index (κ2) is 6.36. The Hall–Kier alpha value is -2.11. The molecule has 3 N–H and O–H groups in total. The molecular formula is C15H17FN2O2. The number of halogens is 1. The van der Waals surface area contributed by atoms with Gasteiger partial charge < -0.3 is 9.47 Å². The molecule has 0 radical (unpaired) electrons. The van der Waals surface area contributed by atoms with Gasteiger partial charge in [-0.2, -0.15) is 0 Å². The summed E-state index contributed by atoms with van der Waals surface area (Å²) in [4.78, 5) is 0. The van der Waals surface area contributed by atoms with Gasteiger partial charge in [-0.3, -0.25) is 5.84 Å². The van der Waals surface area contributed by atoms with Gasteiger partial charge >= 0.3 is 0 Å². The molecule has 4 nitrogen and oxygen atoms in total. The molecule has 0 aliphatic heterocycles. The van der Waals surface area contributed by atoms with Crippen LogP contribution in [-0.4, -0.2) is 14.2 Å². The fourth-order valence-electron chi connectivity index (χ4n) is 2.10. The monoisotopic (exact) mass is 276 g/mol. The van der Waals surface area contributed by atoms with Crippen molar-refractivity contribution in [3.8, 4) is 11.5 Å². The number of benzene rings is 2. The summed E-state index contributed by atoms with van der Waals surface area (Å²) in [5.74, 6) is 6.03. The Morgan fingerprint density at radius 1 is 1.10 bits per heavy atom. The summed E-state index contributed by atoms with van der Waals surface area (Å²) in [6.07, 6.45) is 0. The van der Waals surface area contributed by atoms with E-state index in [4.69, 9.17) is 15.3 Å². The van der Waals surface area contributed by atoms with Crippen LogP contribution < -0.4 is 20.7 Å². The molecule has 2 rings (SSSR count). The van der Waals surface area contributed by atoms with Gasteiger partial charge in [-0.1, -0.05) is 24.3 Å². The summed E-state index contributed by atoms with van der Waals surface area (Å²) >= 11 is 0. The van der Waals surface area contributed by atoms with Crippen LogP contribution >= 0.6 is 0 Å². The number of nitrogens with two attached hydrogens (primary N) is 1. The normalized spacial score (nSPS) is 12.0. The standard InChI is InChI=1S/C15H17FN2O2/c1-19-11-6-3-5-10(9-11)15(18-17)12-7-4-8-13(20-2)14(12)16/h3-9,15,18H,17H2,1-2H3. The number of nitrogens with one attached hydrogen (secondary N) is 1. The minimum Gasteiger partial charge on any atom is -0.497 e. The number of hydrogen-bond acceptors (Lipinski definition) is 4. The summed E-state index contributed by atoms with van der Waals surface area (Å²) in [7, 11) is 3.01. The largest absolute Gasteiger partial charge is 0.497 e. The molecule has 1 unspecified atom stereocenters. The van der Waals surface area contributed by atoms with Gasteiger partial charge in [-0.25, -0.2) is 9.82 Å². The molecule has 0 saturated heterocycles. The molecule has 0 aliphatic rings. The van der Waals surface area contributed by atoms with E-state index >= 15 is 0 Å². The molecule has 0 spiro atoms. The molecule has 0 fully saturated rings. The van der Waals surface area contributed by atoms with Crippen LogP contribution in [0.4, 0.5) is 4.39 Å². The van der Waals surface area contributed by atoms with Crippen LogP contribution in [0.15, 0.2) is 42.5 Å². The fraction of sp³-hybridized carbons (Fsp3) is 0.200. The Labute approximate surface area is 117 Å². The molecule has 0 amide bonds. The quantitative estimate of drug-likeness (QED) is 0.650. The summed E-state index contributed by atoms with van der Waals surface area (Å²) in [6.45, 7) is 0. The molecule has 5 heteroatoms. The third-order valence-electron chi connectivity index (χ3n) is 3.12. The van der Waals surface area contributed by atoms with E-state index in [-0.39, 0.29) is 5.75 Å². The van der Waals surface area contributed by atoms with Crippen molar-refractivity contribution in [2.24, 2.45) is 5.84 Å². The number of methoxy groups -OCH3 is 2. The zero-order valence-corrected chi connectivity index (χ0v) is 11.4. The Bertz CT molecular complexity index is 590. The smallest absolute Gasteiger partial charge is 0.170 e. The summed E-state index contributed by atoms with van der Waals surface area (Å²) in [5.41, 5.74) is 3.85. The van der Waals surface area contributed by atoms with Gasteiger partial charge in [0, 0.05) is 5.56 Å². The van der Waals surface area contributed by atoms with Crippen molar-refractivity contribution < 1.29 is 13.9 Å². The van der Waals surface area contributed by atoms with Gasteiger partial charge in [-0.05, 0) is 23.8 Å². The topological polar surface area (TPSA) is 56.5 Å². The highest BCUT2D eigenvalue weighted by Gasteiger charge is 2.19. The summed E-state index contributed by atoms with van der Waals surface area (Å²) in [6, 6.07) is 11.8. The average molecular weight is 276 g/mol. The van der Waals surface area contributed by atoms with Crippen molar-refractivity contribution in [3.05, 3.63) is 59.4 Å². The lowest BCUT2D eigenvalue weighted by molar-refractivity contribution is 0.381. The fourth-order valence-corrected chi connectivity index (χ4v) is 2.10. The van der Waals surface area contributed by atoms with E-state index in [0.29, 0.717) is 11.3 Å². The predicted molar refractivity (Wildman–Crippen MR) is 75.1 cm³/mol. The number of rotatable bonds is 5. The minimum absolute atomic E-state index is 0.186. The van der Waals surface area contributed by atoms with Crippen LogP contribution in [0.2, 0.25) is 0 Å². The molecule has 2 aromatic rings. The van der Waals surface area contributed by atoms with Crippen LogP contribution in [-0.2, 0) is 0 Å². The second-order valence-corrected chi connectivity index (χ2v) is 4.24. The Kier molecular flexibility index (Phi) is 4.55. The highest BCUT2D eigenvalue weighted by molar-refractivity contribution is 5.40. The van der Waals surface area contributed by atoms with Crippen molar-refractivity contribution >= 4 is 0 Å². The van der Waals surface area contributed by atoms with Crippen LogP contribution in [0.3, 0.4) is 0 Å². The van der Waals surface area contributed by atoms with Crippen LogP contribution in [0.5, 0.6) is 11.5 Å². The van der Waals surface area contributed by atoms with Crippen LogP contribution in [0, 0.1) is 5.82 Å². The Morgan fingerprint density at radius 2 is 1.85 bits per heavy atom. The van der Waals surface area contributed by atoms with Crippen LogP contribution in [0.25, 0.3) is 0 Å². The molecular weight excluding hydrogens is 259 g/mol. The number of hydrazine groups is 1. The molecule has 2 aromatic carbocycles. The van der Waals surface area contributed by atoms with Gasteiger partial charge in [0.05, 0.1) is 20.3 Å². The van der Waals surface area contributed by atoms with Crippen molar-refractivity contribution in [2.45, 2.75) is 6.04 Å². The van der Waals surface area contributed by atoms with E-state index < -0.39 is 11.9 Å². The first kappa shape index (κ1) is 14.3. The minimum atomic E-state index is -0.486. The maximum atomic E-state index is 14.3. The number of hydrogen-bond donors (Lipinski definition) is 2. The van der Waals surface area contributed by atoms with Gasteiger partial charge in [-0.15, -0.1) is 0 Å². The Morgan fingerprint density at radius 3 is 2.50 bits per heavy atom. The van der Waals surface area contributed by atoms with Gasteiger partial charge in [0.1, 0.15) is 5.75 Å². The van der Waals surface area contributed by atoms with E-state index in [2.05, 4.69) is 5.43 Å². The summed E-state index contributed by atoms with van der Waals surface area (Å²) in [5, 5.41) is 0. The lowest BCUT2D eigenvalue weighted by Gasteiger charge is -2.19. The van der Waals surface area contributed by atoms with Gasteiger partial charge in [0.25, 0.3) is 0 Å². The van der Waals surface area contributed by atoms with Crippen molar-refractivity contribution in [2.75, 3.05) is 14.2 Å². The predicted octanol–water partition coefficient (Wildman–Crippen LogP) is 2.40.